The Morgan fingerprint density at radius 3 is 2.80 bits per heavy atom. The van der Waals surface area contributed by atoms with E-state index in [4.69, 9.17) is 4.74 Å². The zero-order valence-corrected chi connectivity index (χ0v) is 12.9. The molecule has 0 heterocycles. The quantitative estimate of drug-likeness (QED) is 0.832. The number of fused-ring (bicyclic) bond motifs is 1. The number of para-hydroxylation sites is 1. The Bertz CT molecular complexity index is 570. The Hall–Kier alpha value is -1.32. The molecule has 0 bridgehead atoms. The molecule has 20 heavy (non-hydrogen) atoms. The van der Waals surface area contributed by atoms with Crippen LogP contribution in [0.25, 0.3) is 0 Å². The molecule has 0 fully saturated rings. The van der Waals surface area contributed by atoms with Crippen molar-refractivity contribution in [3.05, 3.63) is 64.1 Å². The van der Waals surface area contributed by atoms with Crippen molar-refractivity contribution < 1.29 is 4.74 Å². The summed E-state index contributed by atoms with van der Waals surface area (Å²) in [6.45, 7) is 1.56. The van der Waals surface area contributed by atoms with E-state index in [2.05, 4.69) is 39.4 Å². The molecule has 1 unspecified atom stereocenters. The summed E-state index contributed by atoms with van der Waals surface area (Å²) in [6, 6.07) is 16.9. The minimum absolute atomic E-state index is 0.460. The van der Waals surface area contributed by atoms with Gasteiger partial charge in [-0.05, 0) is 42.2 Å². The van der Waals surface area contributed by atoms with Gasteiger partial charge in [-0.25, -0.2) is 0 Å². The van der Waals surface area contributed by atoms with Crippen LogP contribution >= 0.6 is 15.9 Å². The predicted octanol–water partition coefficient (Wildman–Crippen LogP) is 4.11. The van der Waals surface area contributed by atoms with Gasteiger partial charge in [0.25, 0.3) is 0 Å². The van der Waals surface area contributed by atoms with Gasteiger partial charge >= 0.3 is 0 Å². The van der Waals surface area contributed by atoms with Crippen LogP contribution in [-0.4, -0.2) is 13.2 Å². The molecule has 0 spiro atoms. The molecule has 1 atom stereocenters. The standard InChI is InChI=1S/C17H18BrNO/c18-16-8-4-7-15-14(16)9-10-17(15)19-11-12-20-13-5-2-1-3-6-13/h1-8,17,19H,9-12H2. The first kappa shape index (κ1) is 13.7. The van der Waals surface area contributed by atoms with E-state index in [1.807, 2.05) is 30.3 Å². The number of hydrogen-bond donors (Lipinski definition) is 1. The van der Waals surface area contributed by atoms with Crippen molar-refractivity contribution in [2.24, 2.45) is 0 Å². The van der Waals surface area contributed by atoms with E-state index in [-0.39, 0.29) is 0 Å². The van der Waals surface area contributed by atoms with Crippen molar-refractivity contribution in [1.82, 2.24) is 5.32 Å². The Morgan fingerprint density at radius 1 is 1.10 bits per heavy atom. The summed E-state index contributed by atoms with van der Waals surface area (Å²) in [5.74, 6) is 0.934. The summed E-state index contributed by atoms with van der Waals surface area (Å²) in [4.78, 5) is 0. The van der Waals surface area contributed by atoms with E-state index in [1.54, 1.807) is 0 Å². The van der Waals surface area contributed by atoms with Crippen LogP contribution in [-0.2, 0) is 6.42 Å². The molecule has 0 aliphatic heterocycles. The maximum absolute atomic E-state index is 5.71. The summed E-state index contributed by atoms with van der Waals surface area (Å²) in [5, 5.41) is 3.59. The number of nitrogens with one attached hydrogen (secondary N) is 1. The molecule has 3 heteroatoms. The van der Waals surface area contributed by atoms with Crippen LogP contribution in [0.3, 0.4) is 0 Å². The highest BCUT2D eigenvalue weighted by atomic mass is 79.9. The molecule has 1 aliphatic carbocycles. The first-order chi connectivity index (χ1) is 9.84. The van der Waals surface area contributed by atoms with Gasteiger partial charge in [-0.15, -0.1) is 0 Å². The molecule has 0 saturated carbocycles. The molecule has 104 valence electrons. The third-order valence-electron chi connectivity index (χ3n) is 3.72. The highest BCUT2D eigenvalue weighted by molar-refractivity contribution is 9.10. The molecule has 3 rings (SSSR count). The van der Waals surface area contributed by atoms with Crippen LogP contribution in [0.1, 0.15) is 23.6 Å². The highest BCUT2D eigenvalue weighted by Crippen LogP contribution is 2.35. The number of benzene rings is 2. The fourth-order valence-electron chi connectivity index (χ4n) is 2.74. The van der Waals surface area contributed by atoms with E-state index in [1.165, 1.54) is 22.0 Å². The third-order valence-corrected chi connectivity index (χ3v) is 4.46. The van der Waals surface area contributed by atoms with Crippen molar-refractivity contribution in [3.8, 4) is 5.75 Å². The fourth-order valence-corrected chi connectivity index (χ4v) is 3.32. The largest absolute Gasteiger partial charge is 0.492 e. The lowest BCUT2D eigenvalue weighted by Crippen LogP contribution is -2.24. The minimum Gasteiger partial charge on any atom is -0.492 e. The molecule has 0 saturated heterocycles. The van der Waals surface area contributed by atoms with Crippen molar-refractivity contribution in [3.63, 3.8) is 0 Å². The zero-order valence-electron chi connectivity index (χ0n) is 11.3. The smallest absolute Gasteiger partial charge is 0.119 e. The monoisotopic (exact) mass is 331 g/mol. The Morgan fingerprint density at radius 2 is 1.95 bits per heavy atom. The van der Waals surface area contributed by atoms with Gasteiger partial charge in [0.1, 0.15) is 12.4 Å². The van der Waals surface area contributed by atoms with Crippen molar-refractivity contribution in [2.45, 2.75) is 18.9 Å². The number of rotatable bonds is 5. The Balaban J connectivity index is 1.50. The van der Waals surface area contributed by atoms with Gasteiger partial charge < -0.3 is 10.1 Å². The Labute approximate surface area is 128 Å². The zero-order chi connectivity index (χ0) is 13.8. The van der Waals surface area contributed by atoms with E-state index in [0.717, 1.165) is 18.7 Å². The molecule has 1 aliphatic rings. The average molecular weight is 332 g/mol. The van der Waals surface area contributed by atoms with Crippen LogP contribution in [0, 0.1) is 0 Å². The van der Waals surface area contributed by atoms with Crippen LogP contribution in [0.2, 0.25) is 0 Å². The minimum atomic E-state index is 0.460. The maximum Gasteiger partial charge on any atom is 0.119 e. The van der Waals surface area contributed by atoms with Gasteiger partial charge in [0, 0.05) is 17.1 Å². The van der Waals surface area contributed by atoms with Crippen LogP contribution in [0.15, 0.2) is 53.0 Å². The number of halogens is 1. The van der Waals surface area contributed by atoms with Gasteiger partial charge in [0.15, 0.2) is 0 Å². The first-order valence-electron chi connectivity index (χ1n) is 7.03. The summed E-state index contributed by atoms with van der Waals surface area (Å²) in [6.07, 6.45) is 2.32. The van der Waals surface area contributed by atoms with Gasteiger partial charge in [-0.2, -0.15) is 0 Å². The molecule has 0 radical (unpaired) electrons. The van der Waals surface area contributed by atoms with Gasteiger partial charge in [0.05, 0.1) is 0 Å². The summed E-state index contributed by atoms with van der Waals surface area (Å²) < 4.78 is 6.94. The normalized spacial score (nSPS) is 16.9. The average Bonchev–Trinajstić information content (AvgIpc) is 2.90. The predicted molar refractivity (Wildman–Crippen MR) is 85.1 cm³/mol. The molecule has 2 nitrogen and oxygen atoms in total. The van der Waals surface area contributed by atoms with E-state index >= 15 is 0 Å². The van der Waals surface area contributed by atoms with Gasteiger partial charge in [0.2, 0.25) is 0 Å². The number of ether oxygens (including phenoxy) is 1. The Kier molecular flexibility index (Phi) is 4.38. The van der Waals surface area contributed by atoms with Gasteiger partial charge in [-0.3, -0.25) is 0 Å². The van der Waals surface area contributed by atoms with Crippen LogP contribution < -0.4 is 10.1 Å². The highest BCUT2D eigenvalue weighted by Gasteiger charge is 2.23. The maximum atomic E-state index is 5.71. The van der Waals surface area contributed by atoms with E-state index in [9.17, 15) is 0 Å². The molecule has 2 aromatic carbocycles. The second-order valence-electron chi connectivity index (χ2n) is 5.01. The molecular weight excluding hydrogens is 314 g/mol. The van der Waals surface area contributed by atoms with E-state index < -0.39 is 0 Å². The molecular formula is C17H18BrNO. The van der Waals surface area contributed by atoms with Crippen LogP contribution in [0.5, 0.6) is 5.75 Å². The second kappa shape index (κ2) is 6.42. The molecule has 2 aromatic rings. The molecule has 1 N–H and O–H groups in total. The van der Waals surface area contributed by atoms with E-state index in [0.29, 0.717) is 12.6 Å². The van der Waals surface area contributed by atoms with Gasteiger partial charge in [-0.1, -0.05) is 46.3 Å². The lowest BCUT2D eigenvalue weighted by Gasteiger charge is -2.14. The van der Waals surface area contributed by atoms with Crippen LogP contribution in [0.4, 0.5) is 0 Å². The first-order valence-corrected chi connectivity index (χ1v) is 7.82. The third kappa shape index (κ3) is 3.05. The summed E-state index contributed by atoms with van der Waals surface area (Å²) >= 11 is 3.63. The second-order valence-corrected chi connectivity index (χ2v) is 5.87. The fraction of sp³-hybridized carbons (Fsp3) is 0.294. The van der Waals surface area contributed by atoms with Crippen molar-refractivity contribution in [2.75, 3.05) is 13.2 Å². The summed E-state index contributed by atoms with van der Waals surface area (Å²) in [5.41, 5.74) is 2.88. The molecule has 0 aromatic heterocycles. The lowest BCUT2D eigenvalue weighted by molar-refractivity contribution is 0.305. The summed E-state index contributed by atoms with van der Waals surface area (Å²) in [7, 11) is 0. The van der Waals surface area contributed by atoms with Crippen molar-refractivity contribution in [1.29, 1.82) is 0 Å². The lowest BCUT2D eigenvalue weighted by atomic mass is 10.1. The molecule has 0 amide bonds. The topological polar surface area (TPSA) is 21.3 Å². The number of hydrogen-bond acceptors (Lipinski definition) is 2. The van der Waals surface area contributed by atoms with Crippen molar-refractivity contribution >= 4 is 15.9 Å². The SMILES string of the molecule is Brc1cccc2c1CCC2NCCOc1ccccc1.